The van der Waals surface area contributed by atoms with Gasteiger partial charge in [0.2, 0.25) is 0 Å². The van der Waals surface area contributed by atoms with Crippen molar-refractivity contribution in [3.63, 3.8) is 0 Å². The molecule has 0 atom stereocenters. The Bertz CT molecular complexity index is 506. The number of aromatic hydroxyl groups is 1. The van der Waals surface area contributed by atoms with Crippen molar-refractivity contribution in [2.24, 2.45) is 5.92 Å². The maximum Gasteiger partial charge on any atom is 0.330 e. The highest BCUT2D eigenvalue weighted by Crippen LogP contribution is 2.26. The molecule has 0 heterocycles. The first-order valence-corrected chi connectivity index (χ1v) is 8.24. The van der Waals surface area contributed by atoms with E-state index in [1.165, 1.54) is 38.5 Å². The molecule has 1 rings (SSSR count). The van der Waals surface area contributed by atoms with Crippen molar-refractivity contribution in [3.8, 4) is 11.5 Å². The van der Waals surface area contributed by atoms with Crippen LogP contribution in [0.1, 0.15) is 51.5 Å². The third kappa shape index (κ3) is 8.29. The maximum absolute atomic E-state index is 11.6. The summed E-state index contributed by atoms with van der Waals surface area (Å²) >= 11 is 0. The number of carbonyl (C=O) groups is 1. The third-order valence-electron chi connectivity index (χ3n) is 3.54. The summed E-state index contributed by atoms with van der Waals surface area (Å²) in [6.07, 6.45) is 8.74. The second kappa shape index (κ2) is 10.7. The molecule has 0 aliphatic rings. The zero-order valence-electron chi connectivity index (χ0n) is 14.4. The number of carbonyl (C=O) groups excluding carboxylic acids is 1. The molecule has 1 aromatic rings. The highest BCUT2D eigenvalue weighted by molar-refractivity contribution is 5.87. The van der Waals surface area contributed by atoms with Gasteiger partial charge in [-0.05, 0) is 36.1 Å². The van der Waals surface area contributed by atoms with Crippen molar-refractivity contribution in [1.29, 1.82) is 0 Å². The Morgan fingerprint density at radius 1 is 1.22 bits per heavy atom. The summed E-state index contributed by atoms with van der Waals surface area (Å²) in [7, 11) is 1.48. The van der Waals surface area contributed by atoms with Gasteiger partial charge in [-0.15, -0.1) is 0 Å². The summed E-state index contributed by atoms with van der Waals surface area (Å²) < 4.78 is 10.2. The van der Waals surface area contributed by atoms with Crippen LogP contribution in [0.15, 0.2) is 24.3 Å². The molecule has 0 radical (unpaired) electrons. The Hall–Kier alpha value is -1.97. The summed E-state index contributed by atoms with van der Waals surface area (Å²) in [6.45, 7) is 4.93. The lowest BCUT2D eigenvalue weighted by Crippen LogP contribution is -2.02. The minimum atomic E-state index is -0.348. The normalized spacial score (nSPS) is 11.1. The number of hydrogen-bond donors (Lipinski definition) is 1. The number of hydrogen-bond acceptors (Lipinski definition) is 4. The quantitative estimate of drug-likeness (QED) is 0.390. The predicted octanol–water partition coefficient (Wildman–Crippen LogP) is 4.56. The molecular weight excluding hydrogens is 292 g/mol. The van der Waals surface area contributed by atoms with E-state index in [0.717, 1.165) is 24.3 Å². The molecule has 0 spiro atoms. The molecule has 0 aromatic heterocycles. The van der Waals surface area contributed by atoms with E-state index in [-0.39, 0.29) is 11.7 Å². The van der Waals surface area contributed by atoms with E-state index in [2.05, 4.69) is 13.8 Å². The molecule has 0 aliphatic heterocycles. The number of rotatable bonds is 10. The Morgan fingerprint density at radius 2 is 1.96 bits per heavy atom. The van der Waals surface area contributed by atoms with Crippen LogP contribution in [0.25, 0.3) is 6.08 Å². The lowest BCUT2D eigenvalue weighted by Gasteiger charge is -2.05. The summed E-state index contributed by atoms with van der Waals surface area (Å²) in [5.41, 5.74) is 0.769. The molecule has 4 nitrogen and oxygen atoms in total. The standard InChI is InChI=1S/C19H28O4/c1-15(2)8-6-4-5-7-13-23-19(21)12-10-16-9-11-17(20)18(14-16)22-3/h9-12,14-15,20H,4-8,13H2,1-3H3. The zero-order chi connectivity index (χ0) is 17.1. The van der Waals surface area contributed by atoms with Crippen LogP contribution in [0, 0.1) is 5.92 Å². The van der Waals surface area contributed by atoms with Gasteiger partial charge in [-0.3, -0.25) is 0 Å². The van der Waals surface area contributed by atoms with Crippen molar-refractivity contribution < 1.29 is 19.4 Å². The molecule has 0 unspecified atom stereocenters. The molecule has 0 fully saturated rings. The molecule has 1 N–H and O–H groups in total. The molecule has 0 saturated heterocycles. The van der Waals surface area contributed by atoms with Crippen molar-refractivity contribution >= 4 is 12.0 Å². The minimum absolute atomic E-state index is 0.0738. The summed E-state index contributed by atoms with van der Waals surface area (Å²) in [4.78, 5) is 11.6. The Labute approximate surface area is 139 Å². The fourth-order valence-corrected chi connectivity index (χ4v) is 2.19. The van der Waals surface area contributed by atoms with Gasteiger partial charge in [0.1, 0.15) is 0 Å². The second-order valence-electron chi connectivity index (χ2n) is 6.03. The Kier molecular flexibility index (Phi) is 8.88. The number of benzene rings is 1. The number of phenols is 1. The fraction of sp³-hybridized carbons (Fsp3) is 0.526. The maximum atomic E-state index is 11.6. The molecule has 23 heavy (non-hydrogen) atoms. The van der Waals surface area contributed by atoms with Gasteiger partial charge >= 0.3 is 5.97 Å². The van der Waals surface area contributed by atoms with Crippen LogP contribution in [-0.2, 0) is 9.53 Å². The van der Waals surface area contributed by atoms with Crippen molar-refractivity contribution in [1.82, 2.24) is 0 Å². The monoisotopic (exact) mass is 320 g/mol. The summed E-state index contributed by atoms with van der Waals surface area (Å²) in [5.74, 6) is 0.863. The highest BCUT2D eigenvalue weighted by Gasteiger charge is 2.02. The molecular formula is C19H28O4. The van der Waals surface area contributed by atoms with E-state index in [9.17, 15) is 9.90 Å². The highest BCUT2D eigenvalue weighted by atomic mass is 16.5. The molecule has 0 amide bonds. The number of unbranched alkanes of at least 4 members (excludes halogenated alkanes) is 3. The molecule has 128 valence electrons. The van der Waals surface area contributed by atoms with E-state index in [1.807, 2.05) is 0 Å². The summed E-state index contributed by atoms with van der Waals surface area (Å²) in [6, 6.07) is 4.89. The van der Waals surface area contributed by atoms with Crippen molar-refractivity contribution in [2.75, 3.05) is 13.7 Å². The van der Waals surface area contributed by atoms with Gasteiger partial charge in [0.05, 0.1) is 13.7 Å². The fourth-order valence-electron chi connectivity index (χ4n) is 2.19. The van der Waals surface area contributed by atoms with Crippen LogP contribution >= 0.6 is 0 Å². The van der Waals surface area contributed by atoms with Gasteiger partial charge in [-0.1, -0.05) is 45.6 Å². The Balaban J connectivity index is 2.23. The first-order chi connectivity index (χ1) is 11.0. The molecule has 4 heteroatoms. The van der Waals surface area contributed by atoms with E-state index in [0.29, 0.717) is 12.4 Å². The number of phenolic OH excluding ortho intramolecular Hbond substituents is 1. The van der Waals surface area contributed by atoms with Crippen LogP contribution in [0.3, 0.4) is 0 Å². The largest absolute Gasteiger partial charge is 0.504 e. The van der Waals surface area contributed by atoms with Gasteiger partial charge < -0.3 is 14.6 Å². The number of methoxy groups -OCH3 is 1. The smallest absolute Gasteiger partial charge is 0.330 e. The van der Waals surface area contributed by atoms with E-state index in [1.54, 1.807) is 18.2 Å². The van der Waals surface area contributed by atoms with E-state index >= 15 is 0 Å². The minimum Gasteiger partial charge on any atom is -0.504 e. The molecule has 0 aliphatic carbocycles. The lowest BCUT2D eigenvalue weighted by molar-refractivity contribution is -0.137. The topological polar surface area (TPSA) is 55.8 Å². The number of ether oxygens (including phenoxy) is 2. The molecule has 0 bridgehead atoms. The van der Waals surface area contributed by atoms with Crippen LogP contribution in [0.2, 0.25) is 0 Å². The van der Waals surface area contributed by atoms with Crippen LogP contribution in [0.5, 0.6) is 11.5 Å². The van der Waals surface area contributed by atoms with Gasteiger partial charge in [0.25, 0.3) is 0 Å². The second-order valence-corrected chi connectivity index (χ2v) is 6.03. The van der Waals surface area contributed by atoms with Gasteiger partial charge in [0.15, 0.2) is 11.5 Å². The van der Waals surface area contributed by atoms with Crippen molar-refractivity contribution in [2.45, 2.75) is 46.0 Å². The van der Waals surface area contributed by atoms with Gasteiger partial charge in [-0.25, -0.2) is 4.79 Å². The van der Waals surface area contributed by atoms with Gasteiger partial charge in [0, 0.05) is 6.08 Å². The zero-order valence-corrected chi connectivity index (χ0v) is 14.4. The third-order valence-corrected chi connectivity index (χ3v) is 3.54. The van der Waals surface area contributed by atoms with Gasteiger partial charge in [-0.2, -0.15) is 0 Å². The van der Waals surface area contributed by atoms with Crippen LogP contribution in [0.4, 0.5) is 0 Å². The summed E-state index contributed by atoms with van der Waals surface area (Å²) in [5, 5.41) is 9.51. The van der Waals surface area contributed by atoms with Crippen LogP contribution < -0.4 is 4.74 Å². The van der Waals surface area contributed by atoms with Crippen LogP contribution in [-0.4, -0.2) is 24.8 Å². The predicted molar refractivity (Wildman–Crippen MR) is 92.6 cm³/mol. The Morgan fingerprint density at radius 3 is 2.65 bits per heavy atom. The lowest BCUT2D eigenvalue weighted by atomic mass is 10.0. The average Bonchev–Trinajstić information content (AvgIpc) is 2.52. The molecule has 0 saturated carbocycles. The van der Waals surface area contributed by atoms with E-state index in [4.69, 9.17) is 9.47 Å². The van der Waals surface area contributed by atoms with Crippen molar-refractivity contribution in [3.05, 3.63) is 29.8 Å². The molecule has 1 aromatic carbocycles. The average molecular weight is 320 g/mol. The number of esters is 1. The SMILES string of the molecule is COc1cc(C=CC(=O)OCCCCCCC(C)C)ccc1O. The first kappa shape index (κ1) is 19.1. The van der Waals surface area contributed by atoms with E-state index < -0.39 is 0 Å². The first-order valence-electron chi connectivity index (χ1n) is 8.24.